The van der Waals surface area contributed by atoms with Crippen LogP contribution in [-0.4, -0.2) is 33.1 Å². The van der Waals surface area contributed by atoms with Crippen molar-refractivity contribution < 1.29 is 23.1 Å². The largest absolute Gasteiger partial charge is 0.476 e. The first kappa shape index (κ1) is 18.1. The van der Waals surface area contributed by atoms with Gasteiger partial charge in [0.05, 0.1) is 5.69 Å². The summed E-state index contributed by atoms with van der Waals surface area (Å²) in [4.78, 5) is 11.1. The second kappa shape index (κ2) is 6.72. The molecule has 1 aromatic heterocycles. The molecule has 0 aliphatic carbocycles. The fourth-order valence-electron chi connectivity index (χ4n) is 2.14. The predicted octanol–water partition coefficient (Wildman–Crippen LogP) is 4.28. The Balaban J connectivity index is 2.33. The third kappa shape index (κ3) is 3.64. The number of nitrogens with one attached hydrogen (secondary N) is 1. The number of aryl methyl sites for hydroxylation is 1. The maximum Gasteiger partial charge on any atom is 0.408 e. The van der Waals surface area contributed by atoms with Crippen molar-refractivity contribution >= 4 is 23.3 Å². The fraction of sp³-hybridized carbons (Fsp3) is 0.333. The molecule has 5 nitrogen and oxygen atoms in total. The van der Waals surface area contributed by atoms with Gasteiger partial charge < -0.3 is 10.4 Å². The van der Waals surface area contributed by atoms with Gasteiger partial charge in [0.25, 0.3) is 0 Å². The van der Waals surface area contributed by atoms with Gasteiger partial charge in [0.1, 0.15) is 11.1 Å². The fourth-order valence-corrected chi connectivity index (χ4v) is 2.46. The number of carbonyl (C=O) groups is 1. The van der Waals surface area contributed by atoms with Gasteiger partial charge in [0, 0.05) is 17.8 Å². The average Bonchev–Trinajstić information content (AvgIpc) is 2.84. The van der Waals surface area contributed by atoms with Crippen LogP contribution in [0.2, 0.25) is 5.02 Å². The zero-order chi connectivity index (χ0) is 18.1. The average molecular weight is 362 g/mol. The quantitative estimate of drug-likeness (QED) is 0.834. The molecule has 0 fully saturated rings. The minimum Gasteiger partial charge on any atom is -0.476 e. The van der Waals surface area contributed by atoms with Crippen LogP contribution in [-0.2, 0) is 6.54 Å². The molecule has 1 heterocycles. The SMILES string of the molecule is CCn1nc(C(=O)O)c(Cl)c1-c1ccc(N[C@H](C)C(F)(F)F)cc1. The lowest BCUT2D eigenvalue weighted by Crippen LogP contribution is -2.32. The van der Waals surface area contributed by atoms with E-state index in [0.29, 0.717) is 23.5 Å². The number of aromatic carboxylic acids is 1. The van der Waals surface area contributed by atoms with E-state index in [4.69, 9.17) is 16.7 Å². The van der Waals surface area contributed by atoms with E-state index in [9.17, 15) is 18.0 Å². The van der Waals surface area contributed by atoms with Crippen LogP contribution >= 0.6 is 11.6 Å². The molecule has 2 aromatic rings. The van der Waals surface area contributed by atoms with Gasteiger partial charge in [-0.1, -0.05) is 23.7 Å². The van der Waals surface area contributed by atoms with Gasteiger partial charge in [0.2, 0.25) is 0 Å². The molecule has 130 valence electrons. The number of anilines is 1. The van der Waals surface area contributed by atoms with E-state index in [0.717, 1.165) is 6.92 Å². The molecule has 24 heavy (non-hydrogen) atoms. The van der Waals surface area contributed by atoms with Crippen molar-refractivity contribution in [2.45, 2.75) is 32.6 Å². The van der Waals surface area contributed by atoms with Crippen LogP contribution in [0.5, 0.6) is 0 Å². The van der Waals surface area contributed by atoms with Gasteiger partial charge in [-0.15, -0.1) is 0 Å². The van der Waals surface area contributed by atoms with Crippen LogP contribution in [0.3, 0.4) is 0 Å². The number of aromatic nitrogens is 2. The smallest absolute Gasteiger partial charge is 0.408 e. The first-order valence-corrected chi connectivity index (χ1v) is 7.46. The highest BCUT2D eigenvalue weighted by atomic mass is 35.5. The highest BCUT2D eigenvalue weighted by Gasteiger charge is 2.35. The van der Waals surface area contributed by atoms with Crippen LogP contribution in [0.1, 0.15) is 24.3 Å². The predicted molar refractivity (Wildman–Crippen MR) is 84.4 cm³/mol. The van der Waals surface area contributed by atoms with Gasteiger partial charge in [-0.2, -0.15) is 18.3 Å². The van der Waals surface area contributed by atoms with E-state index in [1.807, 2.05) is 0 Å². The Labute approximate surface area is 141 Å². The van der Waals surface area contributed by atoms with E-state index in [1.54, 1.807) is 19.1 Å². The summed E-state index contributed by atoms with van der Waals surface area (Å²) in [7, 11) is 0. The van der Waals surface area contributed by atoms with Crippen molar-refractivity contribution in [2.75, 3.05) is 5.32 Å². The molecule has 2 N–H and O–H groups in total. The molecule has 0 aliphatic heterocycles. The normalized spacial score (nSPS) is 12.9. The summed E-state index contributed by atoms with van der Waals surface area (Å²) in [5, 5.41) is 15.4. The second-order valence-electron chi connectivity index (χ2n) is 5.12. The van der Waals surface area contributed by atoms with Crippen molar-refractivity contribution in [3.63, 3.8) is 0 Å². The molecule has 2 rings (SSSR count). The standard InChI is InChI=1S/C15H15ClF3N3O2/c1-3-22-13(11(16)12(21-22)14(23)24)9-4-6-10(7-5-9)20-8(2)15(17,18)19/h4-8,20H,3H2,1-2H3,(H,23,24)/t8-/m1/s1. The second-order valence-corrected chi connectivity index (χ2v) is 5.50. The van der Waals surface area contributed by atoms with Crippen molar-refractivity contribution in [1.29, 1.82) is 0 Å². The molecular formula is C15H15ClF3N3O2. The number of rotatable bonds is 5. The molecule has 0 amide bonds. The molecule has 0 saturated carbocycles. The van der Waals surface area contributed by atoms with Crippen molar-refractivity contribution in [3.05, 3.63) is 35.0 Å². The van der Waals surface area contributed by atoms with E-state index in [2.05, 4.69) is 10.4 Å². The Morgan fingerprint density at radius 1 is 1.38 bits per heavy atom. The molecule has 0 radical (unpaired) electrons. The molecule has 1 atom stereocenters. The Bertz CT molecular complexity index is 742. The molecule has 0 spiro atoms. The van der Waals surface area contributed by atoms with Crippen LogP contribution < -0.4 is 5.32 Å². The Hall–Kier alpha value is -2.22. The van der Waals surface area contributed by atoms with Crippen molar-refractivity contribution in [1.82, 2.24) is 9.78 Å². The molecular weight excluding hydrogens is 347 g/mol. The van der Waals surface area contributed by atoms with E-state index < -0.39 is 18.2 Å². The Morgan fingerprint density at radius 3 is 2.42 bits per heavy atom. The van der Waals surface area contributed by atoms with Crippen LogP contribution in [0.15, 0.2) is 24.3 Å². The van der Waals surface area contributed by atoms with Gasteiger partial charge in [0.15, 0.2) is 5.69 Å². The molecule has 0 unspecified atom stereocenters. The maximum absolute atomic E-state index is 12.6. The van der Waals surface area contributed by atoms with Crippen molar-refractivity contribution in [2.24, 2.45) is 0 Å². The zero-order valence-electron chi connectivity index (χ0n) is 12.9. The minimum absolute atomic E-state index is 0.00582. The van der Waals surface area contributed by atoms with E-state index >= 15 is 0 Å². The van der Waals surface area contributed by atoms with Crippen LogP contribution in [0.4, 0.5) is 18.9 Å². The van der Waals surface area contributed by atoms with Gasteiger partial charge in [-0.05, 0) is 26.0 Å². The third-order valence-electron chi connectivity index (χ3n) is 3.43. The highest BCUT2D eigenvalue weighted by Crippen LogP contribution is 2.32. The number of nitrogens with zero attached hydrogens (tertiary/aromatic N) is 2. The Morgan fingerprint density at radius 2 is 1.96 bits per heavy atom. The van der Waals surface area contributed by atoms with E-state index in [-0.39, 0.29) is 10.7 Å². The maximum atomic E-state index is 12.6. The molecule has 0 bridgehead atoms. The molecule has 0 saturated heterocycles. The zero-order valence-corrected chi connectivity index (χ0v) is 13.6. The van der Waals surface area contributed by atoms with Gasteiger partial charge in [-0.25, -0.2) is 4.79 Å². The number of carboxylic acids is 1. The number of hydrogen-bond acceptors (Lipinski definition) is 3. The topological polar surface area (TPSA) is 67.2 Å². The summed E-state index contributed by atoms with van der Waals surface area (Å²) in [6, 6.07) is 4.38. The summed E-state index contributed by atoms with van der Waals surface area (Å²) >= 11 is 6.09. The summed E-state index contributed by atoms with van der Waals surface area (Å²) in [6.07, 6.45) is -4.35. The summed E-state index contributed by atoms with van der Waals surface area (Å²) in [5.74, 6) is -1.24. The molecule has 1 aromatic carbocycles. The van der Waals surface area contributed by atoms with Gasteiger partial charge in [-0.3, -0.25) is 4.68 Å². The van der Waals surface area contributed by atoms with E-state index in [1.165, 1.54) is 16.8 Å². The van der Waals surface area contributed by atoms with Crippen LogP contribution in [0.25, 0.3) is 11.3 Å². The number of alkyl halides is 3. The third-order valence-corrected chi connectivity index (χ3v) is 3.79. The van der Waals surface area contributed by atoms with Crippen LogP contribution in [0, 0.1) is 0 Å². The number of halogens is 4. The molecule has 9 heteroatoms. The summed E-state index contributed by atoms with van der Waals surface area (Å²) in [6.45, 7) is 3.20. The Kier molecular flexibility index (Phi) is 5.08. The minimum atomic E-state index is -4.35. The molecule has 0 aliphatic rings. The number of hydrogen-bond donors (Lipinski definition) is 2. The lowest BCUT2D eigenvalue weighted by Gasteiger charge is -2.18. The summed E-state index contributed by atoms with van der Waals surface area (Å²) < 4.78 is 39.1. The first-order chi connectivity index (χ1) is 11.1. The lowest BCUT2D eigenvalue weighted by molar-refractivity contribution is -0.138. The first-order valence-electron chi connectivity index (χ1n) is 7.08. The monoisotopic (exact) mass is 361 g/mol. The lowest BCUT2D eigenvalue weighted by atomic mass is 10.1. The number of benzene rings is 1. The van der Waals surface area contributed by atoms with Crippen molar-refractivity contribution in [3.8, 4) is 11.3 Å². The number of carboxylic acid groups (broad SMARTS) is 1. The van der Waals surface area contributed by atoms with Gasteiger partial charge >= 0.3 is 12.1 Å². The highest BCUT2D eigenvalue weighted by molar-refractivity contribution is 6.35. The summed E-state index contributed by atoms with van der Waals surface area (Å²) in [5.41, 5.74) is 1.00.